The van der Waals surface area contributed by atoms with E-state index in [9.17, 15) is 10.2 Å². The SMILES string of the molecule is CCCCCCc1cc(/C=C/c2ccc(O)c(CCCCCC)c2)ccc1O. The highest BCUT2D eigenvalue weighted by atomic mass is 16.3. The summed E-state index contributed by atoms with van der Waals surface area (Å²) in [6, 6.07) is 11.7. The molecule has 28 heavy (non-hydrogen) atoms. The maximum Gasteiger partial charge on any atom is 0.118 e. The fraction of sp³-hybridized carbons (Fsp3) is 0.462. The van der Waals surface area contributed by atoms with Crippen molar-refractivity contribution < 1.29 is 10.2 Å². The molecule has 0 aliphatic rings. The maximum absolute atomic E-state index is 10.1. The maximum atomic E-state index is 10.1. The van der Waals surface area contributed by atoms with Gasteiger partial charge in [-0.25, -0.2) is 0 Å². The van der Waals surface area contributed by atoms with Crippen molar-refractivity contribution in [3.05, 3.63) is 58.7 Å². The van der Waals surface area contributed by atoms with Crippen LogP contribution in [0.2, 0.25) is 0 Å². The van der Waals surface area contributed by atoms with Crippen LogP contribution in [0, 0.1) is 0 Å². The molecule has 0 spiro atoms. The van der Waals surface area contributed by atoms with Crippen LogP contribution in [0.25, 0.3) is 12.2 Å². The summed E-state index contributed by atoms with van der Waals surface area (Å²) in [6.07, 6.45) is 15.6. The number of phenols is 2. The Balaban J connectivity index is 2.02. The molecule has 0 heterocycles. The molecule has 0 saturated carbocycles. The van der Waals surface area contributed by atoms with E-state index in [4.69, 9.17) is 0 Å². The zero-order valence-electron chi connectivity index (χ0n) is 17.6. The van der Waals surface area contributed by atoms with Crippen LogP contribution in [0.4, 0.5) is 0 Å². The van der Waals surface area contributed by atoms with Crippen molar-refractivity contribution in [3.63, 3.8) is 0 Å². The monoisotopic (exact) mass is 380 g/mol. The Morgan fingerprint density at radius 3 is 1.43 bits per heavy atom. The van der Waals surface area contributed by atoms with E-state index in [0.29, 0.717) is 11.5 Å². The van der Waals surface area contributed by atoms with E-state index in [1.54, 1.807) is 12.1 Å². The number of aromatic hydroxyl groups is 2. The lowest BCUT2D eigenvalue weighted by atomic mass is 10.0. The van der Waals surface area contributed by atoms with Crippen molar-refractivity contribution in [1.29, 1.82) is 0 Å². The number of hydrogen-bond acceptors (Lipinski definition) is 2. The first-order chi connectivity index (χ1) is 13.6. The fourth-order valence-electron chi connectivity index (χ4n) is 3.50. The van der Waals surface area contributed by atoms with Crippen LogP contribution >= 0.6 is 0 Å². The predicted molar refractivity (Wildman–Crippen MR) is 121 cm³/mol. The molecule has 2 heteroatoms. The van der Waals surface area contributed by atoms with Gasteiger partial charge >= 0.3 is 0 Å². The molecule has 2 nitrogen and oxygen atoms in total. The van der Waals surface area contributed by atoms with Gasteiger partial charge in [0.05, 0.1) is 0 Å². The molecule has 2 N–H and O–H groups in total. The minimum Gasteiger partial charge on any atom is -0.508 e. The summed E-state index contributed by atoms with van der Waals surface area (Å²) in [4.78, 5) is 0. The van der Waals surface area contributed by atoms with Gasteiger partial charge in [-0.3, -0.25) is 0 Å². The van der Waals surface area contributed by atoms with E-state index in [1.165, 1.54) is 38.5 Å². The summed E-state index contributed by atoms with van der Waals surface area (Å²) in [5.41, 5.74) is 4.25. The zero-order valence-corrected chi connectivity index (χ0v) is 17.6. The number of phenolic OH excluding ortho intramolecular Hbond substituents is 2. The Labute approximate surface area is 170 Å². The van der Waals surface area contributed by atoms with E-state index < -0.39 is 0 Å². The number of rotatable bonds is 12. The van der Waals surface area contributed by atoms with Crippen LogP contribution in [0.5, 0.6) is 11.5 Å². The van der Waals surface area contributed by atoms with E-state index >= 15 is 0 Å². The fourth-order valence-corrected chi connectivity index (χ4v) is 3.50. The molecule has 0 unspecified atom stereocenters. The van der Waals surface area contributed by atoms with Gasteiger partial charge in [0.1, 0.15) is 11.5 Å². The van der Waals surface area contributed by atoms with Crippen molar-refractivity contribution in [3.8, 4) is 11.5 Å². The van der Waals surface area contributed by atoms with Gasteiger partial charge in [0.2, 0.25) is 0 Å². The van der Waals surface area contributed by atoms with Gasteiger partial charge in [-0.1, -0.05) is 76.7 Å². The first kappa shape index (κ1) is 22.1. The average Bonchev–Trinajstić information content (AvgIpc) is 2.70. The molecular weight excluding hydrogens is 344 g/mol. The van der Waals surface area contributed by atoms with Gasteiger partial charge in [-0.15, -0.1) is 0 Å². The largest absolute Gasteiger partial charge is 0.508 e. The Kier molecular flexibility index (Phi) is 9.68. The third-order valence-corrected chi connectivity index (χ3v) is 5.27. The second-order valence-electron chi connectivity index (χ2n) is 7.73. The van der Waals surface area contributed by atoms with Crippen LogP contribution in [-0.4, -0.2) is 10.2 Å². The van der Waals surface area contributed by atoms with Crippen molar-refractivity contribution in [2.45, 2.75) is 78.1 Å². The lowest BCUT2D eigenvalue weighted by molar-refractivity contribution is 0.465. The lowest BCUT2D eigenvalue weighted by Gasteiger charge is -2.07. The number of aryl methyl sites for hydroxylation is 2. The van der Waals surface area contributed by atoms with Crippen LogP contribution < -0.4 is 0 Å². The van der Waals surface area contributed by atoms with Crippen LogP contribution in [0.1, 0.15) is 87.5 Å². The molecule has 0 fully saturated rings. The van der Waals surface area contributed by atoms with Gasteiger partial charge in [-0.05, 0) is 72.2 Å². The number of unbranched alkanes of at least 4 members (excludes halogenated alkanes) is 6. The standard InChI is InChI=1S/C26H36O2/c1-3-5-7-9-11-23-19-21(15-17-25(23)27)13-14-22-16-18-26(28)24(20-22)12-10-8-6-4-2/h13-20,27-28H,3-12H2,1-2H3/b14-13+. The smallest absolute Gasteiger partial charge is 0.118 e. The molecule has 152 valence electrons. The summed E-state index contributed by atoms with van der Waals surface area (Å²) >= 11 is 0. The van der Waals surface area contributed by atoms with Gasteiger partial charge in [0.15, 0.2) is 0 Å². The summed E-state index contributed by atoms with van der Waals surface area (Å²) in [6.45, 7) is 4.42. The van der Waals surface area contributed by atoms with Crippen LogP contribution in [-0.2, 0) is 12.8 Å². The van der Waals surface area contributed by atoms with Gasteiger partial charge in [-0.2, -0.15) is 0 Å². The Bertz CT molecular complexity index is 683. The molecule has 0 atom stereocenters. The van der Waals surface area contributed by atoms with E-state index in [1.807, 2.05) is 12.1 Å². The first-order valence-electron chi connectivity index (χ1n) is 11.0. The van der Waals surface area contributed by atoms with Gasteiger partial charge in [0, 0.05) is 0 Å². The Morgan fingerprint density at radius 2 is 1.04 bits per heavy atom. The average molecular weight is 381 g/mol. The molecule has 0 saturated heterocycles. The summed E-state index contributed by atoms with van der Waals surface area (Å²) in [5, 5.41) is 20.2. The highest BCUT2D eigenvalue weighted by molar-refractivity contribution is 5.71. The highest BCUT2D eigenvalue weighted by Crippen LogP contribution is 2.24. The van der Waals surface area contributed by atoms with Crippen LogP contribution in [0.3, 0.4) is 0 Å². The number of benzene rings is 2. The Hall–Kier alpha value is -2.22. The second kappa shape index (κ2) is 12.3. The predicted octanol–water partition coefficient (Wildman–Crippen LogP) is 7.51. The zero-order chi connectivity index (χ0) is 20.2. The molecule has 2 rings (SSSR count). The molecule has 2 aromatic rings. The topological polar surface area (TPSA) is 40.5 Å². The van der Waals surface area contributed by atoms with E-state index in [2.05, 4.69) is 38.1 Å². The molecule has 0 bridgehead atoms. The van der Waals surface area contributed by atoms with Gasteiger partial charge < -0.3 is 10.2 Å². The van der Waals surface area contributed by atoms with Crippen molar-refractivity contribution in [2.75, 3.05) is 0 Å². The van der Waals surface area contributed by atoms with E-state index in [-0.39, 0.29) is 0 Å². The van der Waals surface area contributed by atoms with E-state index in [0.717, 1.165) is 47.9 Å². The first-order valence-corrected chi connectivity index (χ1v) is 11.0. The second-order valence-corrected chi connectivity index (χ2v) is 7.73. The van der Waals surface area contributed by atoms with Gasteiger partial charge in [0.25, 0.3) is 0 Å². The molecule has 0 aliphatic carbocycles. The molecule has 0 aliphatic heterocycles. The minimum atomic E-state index is 0.396. The Morgan fingerprint density at radius 1 is 0.607 bits per heavy atom. The third kappa shape index (κ3) is 7.42. The number of hydrogen-bond donors (Lipinski definition) is 2. The third-order valence-electron chi connectivity index (χ3n) is 5.27. The summed E-state index contributed by atoms with van der Waals surface area (Å²) < 4.78 is 0. The molecule has 0 amide bonds. The van der Waals surface area contributed by atoms with Crippen molar-refractivity contribution in [2.24, 2.45) is 0 Å². The molecular formula is C26H36O2. The highest BCUT2D eigenvalue weighted by Gasteiger charge is 2.04. The summed E-state index contributed by atoms with van der Waals surface area (Å²) in [7, 11) is 0. The minimum absolute atomic E-state index is 0.396. The molecule has 0 radical (unpaired) electrons. The molecule has 2 aromatic carbocycles. The van der Waals surface area contributed by atoms with Crippen molar-refractivity contribution in [1.82, 2.24) is 0 Å². The normalized spacial score (nSPS) is 11.4. The molecule has 0 aromatic heterocycles. The van der Waals surface area contributed by atoms with Crippen LogP contribution in [0.15, 0.2) is 36.4 Å². The summed E-state index contributed by atoms with van der Waals surface area (Å²) in [5.74, 6) is 0.792. The van der Waals surface area contributed by atoms with Crippen molar-refractivity contribution >= 4 is 12.2 Å². The lowest BCUT2D eigenvalue weighted by Crippen LogP contribution is -1.89. The quantitative estimate of drug-likeness (QED) is 0.295.